The molecule has 0 saturated carbocycles. The second-order valence-corrected chi connectivity index (χ2v) is 6.98. The summed E-state index contributed by atoms with van der Waals surface area (Å²) in [5, 5.41) is 20.6. The number of hydrogen-bond acceptors (Lipinski definition) is 3. The molecule has 0 aliphatic rings. The molecule has 0 saturated heterocycles. The zero-order chi connectivity index (χ0) is 18.6. The van der Waals surface area contributed by atoms with Crippen molar-refractivity contribution in [3.63, 3.8) is 0 Å². The van der Waals surface area contributed by atoms with Crippen molar-refractivity contribution in [3.05, 3.63) is 90.0 Å². The van der Waals surface area contributed by atoms with Gasteiger partial charge in [-0.05, 0) is 40.6 Å². The minimum Gasteiger partial charge on any atom is -0.481 e. The van der Waals surface area contributed by atoms with Crippen molar-refractivity contribution in [2.75, 3.05) is 6.26 Å². The Balaban J connectivity index is 2.00. The van der Waals surface area contributed by atoms with Gasteiger partial charge >= 0.3 is 5.97 Å². The Kier molecular flexibility index (Phi) is 5.45. The molecule has 26 heavy (non-hydrogen) atoms. The number of rotatable bonds is 6. The summed E-state index contributed by atoms with van der Waals surface area (Å²) in [4.78, 5) is 12.5. The average Bonchev–Trinajstić information content (AvgIpc) is 2.68. The van der Waals surface area contributed by atoms with Gasteiger partial charge in [0.25, 0.3) is 0 Å². The third-order valence-corrected chi connectivity index (χ3v) is 5.19. The molecule has 0 spiro atoms. The monoisotopic (exact) mass is 364 g/mol. The molecule has 0 radical (unpaired) electrons. The third kappa shape index (κ3) is 3.82. The lowest BCUT2D eigenvalue weighted by Crippen LogP contribution is -2.30. The van der Waals surface area contributed by atoms with Gasteiger partial charge in [0.2, 0.25) is 0 Å². The quantitative estimate of drug-likeness (QED) is 0.618. The van der Waals surface area contributed by atoms with Crippen molar-refractivity contribution in [1.82, 2.24) is 0 Å². The molecule has 1 atom stereocenters. The second-order valence-electron chi connectivity index (χ2n) is 6.10. The molecule has 0 aliphatic heterocycles. The molecule has 0 fully saturated rings. The largest absolute Gasteiger partial charge is 0.481 e. The molecule has 1 unspecified atom stereocenters. The van der Waals surface area contributed by atoms with Crippen LogP contribution in [0.4, 0.5) is 0 Å². The van der Waals surface area contributed by atoms with Crippen molar-refractivity contribution < 1.29 is 15.0 Å². The van der Waals surface area contributed by atoms with Crippen LogP contribution in [0.25, 0.3) is 11.1 Å². The summed E-state index contributed by atoms with van der Waals surface area (Å²) in [6, 6.07) is 24.7. The highest BCUT2D eigenvalue weighted by Gasteiger charge is 2.34. The molecule has 2 N–H and O–H groups in total. The highest BCUT2D eigenvalue weighted by molar-refractivity contribution is 7.98. The summed E-state index contributed by atoms with van der Waals surface area (Å²) < 4.78 is 0. The van der Waals surface area contributed by atoms with Gasteiger partial charge in [0.05, 0.1) is 6.42 Å². The first-order valence-electron chi connectivity index (χ1n) is 8.27. The van der Waals surface area contributed by atoms with Gasteiger partial charge in [-0.3, -0.25) is 4.79 Å². The van der Waals surface area contributed by atoms with Crippen LogP contribution in [0.2, 0.25) is 0 Å². The Bertz CT molecular complexity index is 874. The van der Waals surface area contributed by atoms with Crippen LogP contribution in [0.3, 0.4) is 0 Å². The molecule has 0 aliphatic carbocycles. The molecule has 132 valence electrons. The minimum atomic E-state index is -1.57. The summed E-state index contributed by atoms with van der Waals surface area (Å²) in [5.74, 6) is -1.05. The van der Waals surface area contributed by atoms with Crippen LogP contribution >= 0.6 is 11.8 Å². The summed E-state index contributed by atoms with van der Waals surface area (Å²) in [6.45, 7) is 0. The van der Waals surface area contributed by atoms with E-state index in [2.05, 4.69) is 0 Å². The van der Waals surface area contributed by atoms with Gasteiger partial charge in [0.15, 0.2) is 0 Å². The normalized spacial score (nSPS) is 13.2. The van der Waals surface area contributed by atoms with E-state index in [9.17, 15) is 15.0 Å². The second kappa shape index (κ2) is 7.77. The van der Waals surface area contributed by atoms with Gasteiger partial charge in [0.1, 0.15) is 5.60 Å². The smallest absolute Gasteiger partial charge is 0.306 e. The number of benzene rings is 3. The Hall–Kier alpha value is -2.56. The van der Waals surface area contributed by atoms with E-state index in [1.807, 2.05) is 60.9 Å². The Labute approximate surface area is 157 Å². The number of carboxylic acid groups (broad SMARTS) is 1. The lowest BCUT2D eigenvalue weighted by molar-refractivity contribution is -0.141. The predicted octanol–water partition coefficient (Wildman–Crippen LogP) is 4.79. The van der Waals surface area contributed by atoms with E-state index in [0.717, 1.165) is 16.0 Å². The number of thioether (sulfide) groups is 1. The zero-order valence-electron chi connectivity index (χ0n) is 14.4. The number of carbonyl (C=O) groups is 1. The SMILES string of the molecule is CSc1ccc(C(O)(CC(=O)O)c2ccc(-c3ccccc3)cc2)cc1. The molecule has 3 rings (SSSR count). The molecule has 4 heteroatoms. The summed E-state index contributed by atoms with van der Waals surface area (Å²) in [6.07, 6.45) is 1.58. The fraction of sp³-hybridized carbons (Fsp3) is 0.136. The maximum atomic E-state index is 11.4. The number of hydrogen-bond donors (Lipinski definition) is 2. The van der Waals surface area contributed by atoms with Crippen LogP contribution in [0.1, 0.15) is 17.5 Å². The van der Waals surface area contributed by atoms with E-state index < -0.39 is 18.0 Å². The van der Waals surface area contributed by atoms with Gasteiger partial charge in [-0.25, -0.2) is 0 Å². The fourth-order valence-corrected chi connectivity index (χ4v) is 3.43. The molecular formula is C22H20O3S. The number of carboxylic acids is 1. The molecule has 3 nitrogen and oxygen atoms in total. The summed E-state index contributed by atoms with van der Waals surface area (Å²) in [7, 11) is 0. The lowest BCUT2D eigenvalue weighted by atomic mass is 9.83. The average molecular weight is 364 g/mol. The molecule has 3 aromatic rings. The van der Waals surface area contributed by atoms with Crippen molar-refractivity contribution in [2.45, 2.75) is 16.9 Å². The Morgan fingerprint density at radius 1 is 0.846 bits per heavy atom. The van der Waals surface area contributed by atoms with E-state index in [-0.39, 0.29) is 0 Å². The molecule has 0 amide bonds. The van der Waals surface area contributed by atoms with Crippen LogP contribution in [-0.2, 0) is 10.4 Å². The van der Waals surface area contributed by atoms with Crippen LogP contribution in [0, 0.1) is 0 Å². The van der Waals surface area contributed by atoms with Gasteiger partial charge < -0.3 is 10.2 Å². The van der Waals surface area contributed by atoms with Crippen LogP contribution in [0.5, 0.6) is 0 Å². The Morgan fingerprint density at radius 3 is 1.85 bits per heavy atom. The zero-order valence-corrected chi connectivity index (χ0v) is 15.2. The number of aliphatic carboxylic acids is 1. The molecular weight excluding hydrogens is 344 g/mol. The van der Waals surface area contributed by atoms with E-state index >= 15 is 0 Å². The third-order valence-electron chi connectivity index (χ3n) is 4.44. The summed E-state index contributed by atoms with van der Waals surface area (Å²) >= 11 is 1.60. The predicted molar refractivity (Wildman–Crippen MR) is 105 cm³/mol. The first-order chi connectivity index (χ1) is 12.5. The topological polar surface area (TPSA) is 57.5 Å². The molecule has 0 heterocycles. The van der Waals surface area contributed by atoms with Crippen LogP contribution in [0.15, 0.2) is 83.8 Å². The van der Waals surface area contributed by atoms with Crippen molar-refractivity contribution >= 4 is 17.7 Å². The fourth-order valence-electron chi connectivity index (χ4n) is 3.03. The number of aliphatic hydroxyl groups is 1. The maximum absolute atomic E-state index is 11.4. The standard InChI is InChI=1S/C22H20O3S/c1-26-20-13-11-19(12-14-20)22(25,15-21(23)24)18-9-7-17(8-10-18)16-5-3-2-4-6-16/h2-14,25H,15H2,1H3,(H,23,24). The van der Waals surface area contributed by atoms with Gasteiger partial charge in [0, 0.05) is 4.90 Å². The van der Waals surface area contributed by atoms with Crippen molar-refractivity contribution in [3.8, 4) is 11.1 Å². The van der Waals surface area contributed by atoms with E-state index in [0.29, 0.717) is 11.1 Å². The maximum Gasteiger partial charge on any atom is 0.306 e. The van der Waals surface area contributed by atoms with Crippen LogP contribution < -0.4 is 0 Å². The van der Waals surface area contributed by atoms with Crippen LogP contribution in [-0.4, -0.2) is 22.4 Å². The minimum absolute atomic E-state index is 0.393. The van der Waals surface area contributed by atoms with E-state index in [1.54, 1.807) is 36.0 Å². The van der Waals surface area contributed by atoms with Gasteiger partial charge in [-0.2, -0.15) is 0 Å². The molecule has 0 aromatic heterocycles. The molecule has 3 aromatic carbocycles. The highest BCUT2D eigenvalue weighted by atomic mass is 32.2. The summed E-state index contributed by atoms with van der Waals surface area (Å²) in [5.41, 5.74) is 1.66. The van der Waals surface area contributed by atoms with Gasteiger partial charge in [-0.15, -0.1) is 11.8 Å². The van der Waals surface area contributed by atoms with Crippen molar-refractivity contribution in [2.24, 2.45) is 0 Å². The highest BCUT2D eigenvalue weighted by Crippen LogP contribution is 2.35. The first kappa shape index (κ1) is 18.2. The lowest BCUT2D eigenvalue weighted by Gasteiger charge is -2.28. The van der Waals surface area contributed by atoms with Crippen molar-refractivity contribution in [1.29, 1.82) is 0 Å². The van der Waals surface area contributed by atoms with E-state index in [4.69, 9.17) is 0 Å². The van der Waals surface area contributed by atoms with E-state index in [1.165, 1.54) is 0 Å². The Morgan fingerprint density at radius 2 is 1.35 bits per heavy atom. The molecule has 0 bridgehead atoms. The first-order valence-corrected chi connectivity index (χ1v) is 9.50. The van der Waals surface area contributed by atoms with Gasteiger partial charge in [-0.1, -0.05) is 66.7 Å².